The van der Waals surface area contributed by atoms with Crippen LogP contribution in [-0.4, -0.2) is 8.42 Å². The lowest BCUT2D eigenvalue weighted by atomic mass is 10.2. The van der Waals surface area contributed by atoms with Crippen molar-refractivity contribution in [3.8, 4) is 0 Å². The van der Waals surface area contributed by atoms with Gasteiger partial charge in [0.2, 0.25) is 10.0 Å². The van der Waals surface area contributed by atoms with Gasteiger partial charge in [-0.2, -0.15) is 0 Å². The average Bonchev–Trinajstić information content (AvgIpc) is 2.38. The van der Waals surface area contributed by atoms with Gasteiger partial charge in [-0.25, -0.2) is 17.9 Å². The van der Waals surface area contributed by atoms with Gasteiger partial charge < -0.3 is 5.32 Å². The van der Waals surface area contributed by atoms with Crippen molar-refractivity contribution in [3.05, 3.63) is 58.4 Å². The number of rotatable bonds is 4. The summed E-state index contributed by atoms with van der Waals surface area (Å²) in [7, 11) is -3.80. The molecule has 0 aliphatic rings. The van der Waals surface area contributed by atoms with Gasteiger partial charge in [0.1, 0.15) is 5.82 Å². The van der Waals surface area contributed by atoms with Crippen LogP contribution in [0.25, 0.3) is 0 Å². The SMILES string of the molecule is Cc1ccc(NCc2c(F)cccc2Cl)cc1S(N)(=O)=O. The summed E-state index contributed by atoms with van der Waals surface area (Å²) < 4.78 is 36.6. The molecule has 0 saturated carbocycles. The summed E-state index contributed by atoms with van der Waals surface area (Å²) in [5, 5.41) is 8.39. The van der Waals surface area contributed by atoms with Crippen molar-refractivity contribution in [2.24, 2.45) is 5.14 Å². The van der Waals surface area contributed by atoms with Gasteiger partial charge in [0, 0.05) is 22.8 Å². The Kier molecular flexibility index (Phi) is 4.51. The Hall–Kier alpha value is -1.63. The highest BCUT2D eigenvalue weighted by Crippen LogP contribution is 2.22. The molecule has 3 N–H and O–H groups in total. The van der Waals surface area contributed by atoms with Crippen LogP contribution in [0, 0.1) is 12.7 Å². The van der Waals surface area contributed by atoms with Gasteiger partial charge in [0.05, 0.1) is 4.90 Å². The molecule has 0 aromatic heterocycles. The summed E-state index contributed by atoms with van der Waals surface area (Å²) in [6, 6.07) is 9.16. The number of aryl methyl sites for hydroxylation is 1. The number of benzene rings is 2. The smallest absolute Gasteiger partial charge is 0.238 e. The largest absolute Gasteiger partial charge is 0.381 e. The quantitative estimate of drug-likeness (QED) is 0.906. The normalized spacial score (nSPS) is 11.4. The molecule has 0 unspecified atom stereocenters. The Labute approximate surface area is 127 Å². The number of hydrogen-bond acceptors (Lipinski definition) is 3. The summed E-state index contributed by atoms with van der Waals surface area (Å²) >= 11 is 5.93. The van der Waals surface area contributed by atoms with E-state index < -0.39 is 15.8 Å². The van der Waals surface area contributed by atoms with Gasteiger partial charge in [0.15, 0.2) is 0 Å². The van der Waals surface area contributed by atoms with Crippen LogP contribution in [0.15, 0.2) is 41.3 Å². The summed E-state index contributed by atoms with van der Waals surface area (Å²) in [6.45, 7) is 1.79. The molecule has 0 bridgehead atoms. The Balaban J connectivity index is 2.26. The molecule has 112 valence electrons. The fraction of sp³-hybridized carbons (Fsp3) is 0.143. The molecule has 2 rings (SSSR count). The number of hydrogen-bond donors (Lipinski definition) is 2. The van der Waals surface area contributed by atoms with Crippen molar-refractivity contribution in [1.82, 2.24) is 0 Å². The van der Waals surface area contributed by atoms with Gasteiger partial charge >= 0.3 is 0 Å². The molecular weight excluding hydrogens is 315 g/mol. The van der Waals surface area contributed by atoms with Gasteiger partial charge in [-0.3, -0.25) is 0 Å². The average molecular weight is 329 g/mol. The highest BCUT2D eigenvalue weighted by atomic mass is 35.5. The first-order chi connectivity index (χ1) is 9.79. The summed E-state index contributed by atoms with van der Waals surface area (Å²) in [4.78, 5) is 0.0344. The molecule has 0 saturated heterocycles. The number of anilines is 1. The molecule has 21 heavy (non-hydrogen) atoms. The molecule has 0 fully saturated rings. The van der Waals surface area contributed by atoms with Crippen LogP contribution in [0.4, 0.5) is 10.1 Å². The Morgan fingerprint density at radius 3 is 2.62 bits per heavy atom. The number of primary sulfonamides is 1. The third-order valence-electron chi connectivity index (χ3n) is 3.03. The maximum atomic E-state index is 13.6. The van der Waals surface area contributed by atoms with E-state index in [1.54, 1.807) is 25.1 Å². The van der Waals surface area contributed by atoms with Crippen LogP contribution in [0.1, 0.15) is 11.1 Å². The van der Waals surface area contributed by atoms with Crippen LogP contribution in [0.3, 0.4) is 0 Å². The molecule has 0 atom stereocenters. The van der Waals surface area contributed by atoms with Crippen molar-refractivity contribution in [2.75, 3.05) is 5.32 Å². The van der Waals surface area contributed by atoms with Gasteiger partial charge in [-0.15, -0.1) is 0 Å². The van der Waals surface area contributed by atoms with Crippen LogP contribution in [0.2, 0.25) is 5.02 Å². The van der Waals surface area contributed by atoms with E-state index in [1.165, 1.54) is 18.2 Å². The standard InChI is InChI=1S/C14H14ClFN2O2S/c1-9-5-6-10(7-14(9)21(17,19)20)18-8-11-12(15)3-2-4-13(11)16/h2-7,18H,8H2,1H3,(H2,17,19,20). The van der Waals surface area contributed by atoms with Gasteiger partial charge in [-0.1, -0.05) is 23.7 Å². The highest BCUT2D eigenvalue weighted by molar-refractivity contribution is 7.89. The zero-order valence-corrected chi connectivity index (χ0v) is 12.8. The molecule has 0 radical (unpaired) electrons. The van der Waals surface area contributed by atoms with Crippen LogP contribution in [0.5, 0.6) is 0 Å². The second kappa shape index (κ2) is 6.01. The van der Waals surface area contributed by atoms with Gasteiger partial charge in [0.25, 0.3) is 0 Å². The fourth-order valence-electron chi connectivity index (χ4n) is 1.91. The van der Waals surface area contributed by atoms with E-state index in [4.69, 9.17) is 16.7 Å². The number of sulfonamides is 1. The number of nitrogens with two attached hydrogens (primary N) is 1. The minimum Gasteiger partial charge on any atom is -0.381 e. The minimum atomic E-state index is -3.80. The predicted molar refractivity (Wildman–Crippen MR) is 81.3 cm³/mol. The van der Waals surface area contributed by atoms with Crippen molar-refractivity contribution in [3.63, 3.8) is 0 Å². The lowest BCUT2D eigenvalue weighted by Gasteiger charge is -2.11. The van der Waals surface area contributed by atoms with Crippen molar-refractivity contribution in [2.45, 2.75) is 18.4 Å². The van der Waals surface area contributed by atoms with Crippen LogP contribution in [-0.2, 0) is 16.6 Å². The molecule has 0 aliphatic heterocycles. The fourth-order valence-corrected chi connectivity index (χ4v) is 2.95. The molecule has 0 heterocycles. The molecule has 0 spiro atoms. The van der Waals surface area contributed by atoms with Crippen molar-refractivity contribution in [1.29, 1.82) is 0 Å². The molecule has 7 heteroatoms. The first-order valence-corrected chi connectivity index (χ1v) is 8.01. The van der Waals surface area contributed by atoms with Crippen molar-refractivity contribution < 1.29 is 12.8 Å². The monoisotopic (exact) mass is 328 g/mol. The zero-order chi connectivity index (χ0) is 15.6. The summed E-state index contributed by atoms with van der Waals surface area (Å²) in [5.74, 6) is -0.422. The zero-order valence-electron chi connectivity index (χ0n) is 11.2. The lowest BCUT2D eigenvalue weighted by Crippen LogP contribution is -2.14. The van der Waals surface area contributed by atoms with E-state index in [0.29, 0.717) is 21.8 Å². The maximum absolute atomic E-state index is 13.6. The van der Waals surface area contributed by atoms with Crippen molar-refractivity contribution >= 4 is 27.3 Å². The molecule has 2 aromatic rings. The second-order valence-electron chi connectivity index (χ2n) is 4.58. The maximum Gasteiger partial charge on any atom is 0.238 e. The Morgan fingerprint density at radius 1 is 1.29 bits per heavy atom. The molecular formula is C14H14ClFN2O2S. The van der Waals surface area contributed by atoms with E-state index in [9.17, 15) is 12.8 Å². The van der Waals surface area contributed by atoms with E-state index in [1.807, 2.05) is 0 Å². The topological polar surface area (TPSA) is 72.2 Å². The van der Waals surface area contributed by atoms with E-state index in [0.717, 1.165) is 0 Å². The summed E-state index contributed by atoms with van der Waals surface area (Å²) in [6.07, 6.45) is 0. The van der Waals surface area contributed by atoms with Gasteiger partial charge in [-0.05, 0) is 36.8 Å². The Morgan fingerprint density at radius 2 is 2.00 bits per heavy atom. The van der Waals surface area contributed by atoms with E-state index in [2.05, 4.69) is 5.32 Å². The Bertz CT molecular complexity index is 758. The minimum absolute atomic E-state index is 0.0344. The van der Waals surface area contributed by atoms with Crippen LogP contribution < -0.4 is 10.5 Å². The molecule has 4 nitrogen and oxygen atoms in total. The van der Waals surface area contributed by atoms with E-state index in [-0.39, 0.29) is 11.4 Å². The first-order valence-electron chi connectivity index (χ1n) is 6.09. The van der Waals surface area contributed by atoms with Crippen LogP contribution >= 0.6 is 11.6 Å². The highest BCUT2D eigenvalue weighted by Gasteiger charge is 2.12. The van der Waals surface area contributed by atoms with E-state index >= 15 is 0 Å². The second-order valence-corrected chi connectivity index (χ2v) is 6.52. The summed E-state index contributed by atoms with van der Waals surface area (Å²) in [5.41, 5.74) is 1.38. The molecule has 0 aliphatic carbocycles. The first kappa shape index (κ1) is 15.8. The molecule has 0 amide bonds. The number of nitrogens with one attached hydrogen (secondary N) is 1. The number of halogens is 2. The third-order valence-corrected chi connectivity index (χ3v) is 4.43. The lowest BCUT2D eigenvalue weighted by molar-refractivity contribution is 0.597. The molecule has 2 aromatic carbocycles. The predicted octanol–water partition coefficient (Wildman–Crippen LogP) is 3.05. The third kappa shape index (κ3) is 3.72.